The molecule has 0 saturated heterocycles. The predicted octanol–water partition coefficient (Wildman–Crippen LogP) is 2.76. The van der Waals surface area contributed by atoms with Gasteiger partial charge < -0.3 is 14.8 Å². The Hall–Kier alpha value is -1.92. The van der Waals surface area contributed by atoms with Gasteiger partial charge in [-0.1, -0.05) is 15.9 Å². The van der Waals surface area contributed by atoms with Crippen LogP contribution < -0.4 is 5.32 Å². The monoisotopic (exact) mass is 349 g/mol. The van der Waals surface area contributed by atoms with E-state index in [2.05, 4.69) is 21.2 Å². The molecule has 1 atom stereocenters. The lowest BCUT2D eigenvalue weighted by atomic mass is 9.88. The third-order valence-corrected chi connectivity index (χ3v) is 4.03. The largest absolute Gasteiger partial charge is 0.461 e. The quantitative estimate of drug-likeness (QED) is 0.835. The van der Waals surface area contributed by atoms with E-state index in [1.807, 2.05) is 13.0 Å². The van der Waals surface area contributed by atoms with Crippen LogP contribution in [0.4, 0.5) is 5.69 Å². The average Bonchev–Trinajstić information content (AvgIpc) is 3.01. The maximum absolute atomic E-state index is 12.2. The topological polar surface area (TPSA) is 79.5 Å². The number of nitrogens with one attached hydrogen (secondary N) is 1. The molecule has 0 unspecified atom stereocenters. The van der Waals surface area contributed by atoms with E-state index in [-0.39, 0.29) is 12.2 Å². The van der Waals surface area contributed by atoms with E-state index in [1.54, 1.807) is 12.1 Å². The molecule has 1 aliphatic heterocycles. The molecular weight excluding hydrogens is 338 g/mol. The Morgan fingerprint density at radius 3 is 2.90 bits per heavy atom. The number of halogens is 1. The zero-order valence-electron chi connectivity index (χ0n) is 11.1. The van der Waals surface area contributed by atoms with E-state index in [1.165, 1.54) is 12.3 Å². The minimum absolute atomic E-state index is 0.122. The summed E-state index contributed by atoms with van der Waals surface area (Å²) < 4.78 is 5.75. The molecule has 108 valence electrons. The number of anilines is 1. The second-order valence-corrected chi connectivity index (χ2v) is 5.95. The number of hydrogen-bond donors (Lipinski definition) is 2. The lowest BCUT2D eigenvalue weighted by Crippen LogP contribution is -2.36. The number of fused-ring (bicyclic) bond motifs is 1. The average molecular weight is 350 g/mol. The summed E-state index contributed by atoms with van der Waals surface area (Å²) in [7, 11) is 0. The second kappa shape index (κ2) is 4.82. The maximum atomic E-state index is 12.2. The maximum Gasteiger partial charge on any atom is 0.261 e. The van der Waals surface area contributed by atoms with Crippen LogP contribution in [-0.2, 0) is 10.4 Å². The first kappa shape index (κ1) is 14.0. The van der Waals surface area contributed by atoms with E-state index in [4.69, 9.17) is 4.42 Å². The molecule has 0 radical (unpaired) electrons. The fraction of sp³-hybridized carbons (Fsp3) is 0.200. The van der Waals surface area contributed by atoms with Crippen molar-refractivity contribution in [2.24, 2.45) is 0 Å². The molecule has 1 aromatic heterocycles. The number of aliphatic hydroxyl groups is 1. The van der Waals surface area contributed by atoms with E-state index in [0.29, 0.717) is 11.3 Å². The zero-order valence-corrected chi connectivity index (χ0v) is 12.7. The number of carbonyl (C=O) groups is 2. The molecule has 1 amide bonds. The normalized spacial score (nSPS) is 20.2. The minimum Gasteiger partial charge on any atom is -0.461 e. The Morgan fingerprint density at radius 2 is 2.24 bits per heavy atom. The molecule has 5 nitrogen and oxygen atoms in total. The predicted molar refractivity (Wildman–Crippen MR) is 79.1 cm³/mol. The summed E-state index contributed by atoms with van der Waals surface area (Å²) in [5.41, 5.74) is -0.111. The highest BCUT2D eigenvalue weighted by molar-refractivity contribution is 9.10. The van der Waals surface area contributed by atoms with E-state index in [0.717, 1.165) is 10.0 Å². The SMILES string of the molecule is Cc1cc(Br)cc2c1NC(=O)[C@]2(O)CC(=O)c1ccco1. The Labute approximate surface area is 129 Å². The van der Waals surface area contributed by atoms with Crippen molar-refractivity contribution in [3.05, 3.63) is 51.9 Å². The van der Waals surface area contributed by atoms with Gasteiger partial charge in [0.1, 0.15) is 0 Å². The van der Waals surface area contributed by atoms with Gasteiger partial charge >= 0.3 is 0 Å². The molecule has 0 saturated carbocycles. The fourth-order valence-corrected chi connectivity index (χ4v) is 3.08. The first-order valence-electron chi connectivity index (χ1n) is 6.33. The smallest absolute Gasteiger partial charge is 0.261 e. The highest BCUT2D eigenvalue weighted by atomic mass is 79.9. The molecule has 1 aromatic carbocycles. The number of rotatable bonds is 3. The Kier molecular flexibility index (Phi) is 3.22. The highest BCUT2D eigenvalue weighted by Gasteiger charge is 2.47. The number of hydrogen-bond acceptors (Lipinski definition) is 4. The Morgan fingerprint density at radius 1 is 1.48 bits per heavy atom. The lowest BCUT2D eigenvalue weighted by Gasteiger charge is -2.19. The first-order valence-corrected chi connectivity index (χ1v) is 7.12. The van der Waals surface area contributed by atoms with E-state index in [9.17, 15) is 14.7 Å². The van der Waals surface area contributed by atoms with E-state index < -0.39 is 17.3 Å². The van der Waals surface area contributed by atoms with Gasteiger partial charge in [-0.25, -0.2) is 0 Å². The van der Waals surface area contributed by atoms with Gasteiger partial charge in [-0.2, -0.15) is 0 Å². The number of benzene rings is 1. The van der Waals surface area contributed by atoms with Gasteiger partial charge in [-0.3, -0.25) is 9.59 Å². The van der Waals surface area contributed by atoms with Gasteiger partial charge in [0.15, 0.2) is 11.4 Å². The summed E-state index contributed by atoms with van der Waals surface area (Å²) in [6.45, 7) is 1.82. The number of ketones is 1. The molecule has 1 aliphatic rings. The summed E-state index contributed by atoms with van der Waals surface area (Å²) in [5.74, 6) is -0.905. The van der Waals surface area contributed by atoms with Crippen molar-refractivity contribution in [1.82, 2.24) is 0 Å². The van der Waals surface area contributed by atoms with Crippen LogP contribution in [0.2, 0.25) is 0 Å². The molecule has 0 fully saturated rings. The number of carbonyl (C=O) groups excluding carboxylic acids is 2. The second-order valence-electron chi connectivity index (χ2n) is 5.04. The van der Waals surface area contributed by atoms with Gasteiger partial charge in [0.25, 0.3) is 5.91 Å². The van der Waals surface area contributed by atoms with Crippen LogP contribution in [-0.4, -0.2) is 16.8 Å². The van der Waals surface area contributed by atoms with Crippen molar-refractivity contribution in [1.29, 1.82) is 0 Å². The van der Waals surface area contributed by atoms with Gasteiger partial charge in [0.2, 0.25) is 5.78 Å². The van der Waals surface area contributed by atoms with Crippen LogP contribution in [0, 0.1) is 6.92 Å². The molecule has 2 heterocycles. The summed E-state index contributed by atoms with van der Waals surface area (Å²) in [4.78, 5) is 24.3. The number of Topliss-reactive ketones (excluding diaryl/α,β-unsaturated/α-hetero) is 1. The van der Waals surface area contributed by atoms with E-state index >= 15 is 0 Å². The van der Waals surface area contributed by atoms with Crippen molar-refractivity contribution in [3.8, 4) is 0 Å². The van der Waals surface area contributed by atoms with Gasteiger partial charge in [0, 0.05) is 10.0 Å². The molecule has 0 spiro atoms. The summed E-state index contributed by atoms with van der Waals surface area (Å²) in [6, 6.07) is 6.57. The molecule has 21 heavy (non-hydrogen) atoms. The summed E-state index contributed by atoms with van der Waals surface area (Å²) in [5, 5.41) is 13.4. The third kappa shape index (κ3) is 2.20. The molecule has 0 bridgehead atoms. The van der Waals surface area contributed by atoms with Crippen LogP contribution in [0.1, 0.15) is 28.1 Å². The summed E-state index contributed by atoms with van der Waals surface area (Å²) >= 11 is 3.34. The Balaban J connectivity index is 2.02. The fourth-order valence-electron chi connectivity index (χ4n) is 2.51. The molecule has 2 N–H and O–H groups in total. The van der Waals surface area contributed by atoms with Crippen molar-refractivity contribution in [2.75, 3.05) is 5.32 Å². The molecular formula is C15H12BrNO4. The van der Waals surface area contributed by atoms with Gasteiger partial charge in [0.05, 0.1) is 18.4 Å². The van der Waals surface area contributed by atoms with Crippen molar-refractivity contribution >= 4 is 33.3 Å². The van der Waals surface area contributed by atoms with Crippen LogP contribution in [0.25, 0.3) is 0 Å². The molecule has 6 heteroatoms. The van der Waals surface area contributed by atoms with Crippen molar-refractivity contribution < 1.29 is 19.1 Å². The lowest BCUT2D eigenvalue weighted by molar-refractivity contribution is -0.133. The van der Waals surface area contributed by atoms with Crippen molar-refractivity contribution in [2.45, 2.75) is 18.9 Å². The van der Waals surface area contributed by atoms with Gasteiger partial charge in [-0.05, 0) is 36.8 Å². The van der Waals surface area contributed by atoms with Crippen LogP contribution >= 0.6 is 15.9 Å². The van der Waals surface area contributed by atoms with Crippen LogP contribution in [0.5, 0.6) is 0 Å². The molecule has 0 aliphatic carbocycles. The molecule has 2 aromatic rings. The van der Waals surface area contributed by atoms with Gasteiger partial charge in [-0.15, -0.1) is 0 Å². The number of furan rings is 1. The molecule has 3 rings (SSSR count). The Bertz CT molecular complexity index is 738. The standard InChI is InChI=1S/C15H12BrNO4/c1-8-5-9(16)6-10-13(8)17-14(19)15(10,20)7-11(18)12-3-2-4-21-12/h2-6,20H,7H2,1H3,(H,17,19)/t15-/m0/s1. The van der Waals surface area contributed by atoms with Crippen LogP contribution in [0.15, 0.2) is 39.4 Å². The third-order valence-electron chi connectivity index (χ3n) is 3.57. The van der Waals surface area contributed by atoms with Crippen molar-refractivity contribution in [3.63, 3.8) is 0 Å². The zero-order chi connectivity index (χ0) is 15.2. The van der Waals surface area contributed by atoms with Crippen LogP contribution in [0.3, 0.4) is 0 Å². The highest BCUT2D eigenvalue weighted by Crippen LogP contribution is 2.42. The first-order chi connectivity index (χ1) is 9.91. The summed E-state index contributed by atoms with van der Waals surface area (Å²) in [6.07, 6.45) is 1.01. The number of amides is 1. The number of aryl methyl sites for hydroxylation is 1. The minimum atomic E-state index is -1.88.